The number of methoxy groups -OCH3 is 1. The molecule has 0 unspecified atom stereocenters. The van der Waals surface area contributed by atoms with E-state index in [1.807, 2.05) is 29.2 Å². The number of hydrogen-bond donors (Lipinski definition) is 1. The van der Waals surface area contributed by atoms with Crippen molar-refractivity contribution in [1.29, 1.82) is 0 Å². The molecule has 24 heavy (non-hydrogen) atoms. The van der Waals surface area contributed by atoms with E-state index < -0.39 is 5.97 Å². The Labute approximate surface area is 143 Å². The molecule has 0 bridgehead atoms. The molecule has 2 atom stereocenters. The summed E-state index contributed by atoms with van der Waals surface area (Å²) in [4.78, 5) is 25.2. The fourth-order valence-electron chi connectivity index (χ4n) is 3.31. The molecule has 1 aliphatic heterocycles. The van der Waals surface area contributed by atoms with Crippen LogP contribution in [0.2, 0.25) is 0 Å². The molecule has 5 heteroatoms. The normalized spacial score (nSPS) is 18.9. The minimum Gasteiger partial charge on any atom is -0.497 e. The van der Waals surface area contributed by atoms with Crippen LogP contribution in [0.15, 0.2) is 24.3 Å². The molecule has 132 valence electrons. The summed E-state index contributed by atoms with van der Waals surface area (Å²) in [5, 5.41) is 8.82. The quantitative estimate of drug-likeness (QED) is 0.831. The summed E-state index contributed by atoms with van der Waals surface area (Å²) in [6, 6.07) is 7.84. The molecular weight excluding hydrogens is 306 g/mol. The maximum atomic E-state index is 12.6. The number of carboxylic acids is 1. The first kappa shape index (κ1) is 18.3. The van der Waals surface area contributed by atoms with Crippen LogP contribution in [0, 0.1) is 5.92 Å². The molecule has 2 rings (SSSR count). The number of likely N-dealkylation sites (tertiary alicyclic amines) is 1. The predicted molar refractivity (Wildman–Crippen MR) is 92.2 cm³/mol. The molecule has 5 nitrogen and oxygen atoms in total. The lowest BCUT2D eigenvalue weighted by Crippen LogP contribution is -2.40. The third-order valence-corrected chi connectivity index (χ3v) is 4.78. The number of rotatable bonds is 7. The van der Waals surface area contributed by atoms with Gasteiger partial charge < -0.3 is 14.7 Å². The number of carbonyl (C=O) groups excluding carboxylic acids is 1. The van der Waals surface area contributed by atoms with Crippen molar-refractivity contribution < 1.29 is 19.4 Å². The summed E-state index contributed by atoms with van der Waals surface area (Å²) in [6.07, 6.45) is 3.29. The van der Waals surface area contributed by atoms with Gasteiger partial charge in [0.05, 0.1) is 7.11 Å². The van der Waals surface area contributed by atoms with Gasteiger partial charge in [0.25, 0.3) is 0 Å². The van der Waals surface area contributed by atoms with E-state index in [0.717, 1.165) is 30.7 Å². The average Bonchev–Trinajstić information content (AvgIpc) is 2.60. The van der Waals surface area contributed by atoms with E-state index in [-0.39, 0.29) is 18.2 Å². The number of carboxylic acid groups (broad SMARTS) is 1. The van der Waals surface area contributed by atoms with Gasteiger partial charge in [-0.05, 0) is 48.8 Å². The lowest BCUT2D eigenvalue weighted by molar-refractivity contribution is -0.137. The number of benzene rings is 1. The average molecular weight is 333 g/mol. The van der Waals surface area contributed by atoms with Crippen LogP contribution in [-0.4, -0.2) is 42.1 Å². The number of aliphatic carboxylic acids is 1. The number of carbonyl (C=O) groups is 2. The van der Waals surface area contributed by atoms with Gasteiger partial charge in [0, 0.05) is 25.9 Å². The molecule has 1 aromatic carbocycles. The molecular formula is C19H27NO4. The highest BCUT2D eigenvalue weighted by atomic mass is 16.5. The zero-order valence-corrected chi connectivity index (χ0v) is 14.5. The number of amides is 1. The Morgan fingerprint density at radius 2 is 2.21 bits per heavy atom. The molecule has 1 fully saturated rings. The Hall–Kier alpha value is -2.04. The molecule has 1 aromatic rings. The maximum absolute atomic E-state index is 12.6. The molecule has 0 aliphatic carbocycles. The van der Waals surface area contributed by atoms with Crippen molar-refractivity contribution in [1.82, 2.24) is 4.90 Å². The van der Waals surface area contributed by atoms with Gasteiger partial charge in [0.1, 0.15) is 5.75 Å². The smallest absolute Gasteiger partial charge is 0.303 e. The lowest BCUT2D eigenvalue weighted by Gasteiger charge is -2.33. The van der Waals surface area contributed by atoms with Crippen molar-refractivity contribution in [2.75, 3.05) is 20.2 Å². The lowest BCUT2D eigenvalue weighted by atomic mass is 9.92. The molecule has 1 N–H and O–H groups in total. The number of ether oxygens (including phenoxy) is 1. The second-order valence-electron chi connectivity index (χ2n) is 6.66. The van der Waals surface area contributed by atoms with Gasteiger partial charge in [-0.15, -0.1) is 0 Å². The minimum atomic E-state index is -0.759. The summed E-state index contributed by atoms with van der Waals surface area (Å²) in [5.74, 6) is 0.645. The first-order valence-electron chi connectivity index (χ1n) is 8.63. The van der Waals surface area contributed by atoms with Crippen LogP contribution >= 0.6 is 0 Å². The first-order chi connectivity index (χ1) is 11.5. The van der Waals surface area contributed by atoms with E-state index in [4.69, 9.17) is 9.84 Å². The minimum absolute atomic E-state index is 0.131. The zero-order chi connectivity index (χ0) is 17.5. The predicted octanol–water partition coefficient (Wildman–Crippen LogP) is 3.29. The molecule has 1 heterocycles. The van der Waals surface area contributed by atoms with Crippen LogP contribution in [-0.2, 0) is 9.59 Å². The molecule has 0 spiro atoms. The first-order valence-corrected chi connectivity index (χ1v) is 8.63. The van der Waals surface area contributed by atoms with E-state index in [1.165, 1.54) is 0 Å². The summed E-state index contributed by atoms with van der Waals surface area (Å²) >= 11 is 0. The van der Waals surface area contributed by atoms with Crippen LogP contribution in [0.4, 0.5) is 0 Å². The molecule has 1 aliphatic rings. The molecule has 0 aromatic heterocycles. The maximum Gasteiger partial charge on any atom is 0.303 e. The number of piperidine rings is 1. The van der Waals surface area contributed by atoms with Crippen LogP contribution in [0.5, 0.6) is 5.75 Å². The monoisotopic (exact) mass is 333 g/mol. The number of hydrogen-bond acceptors (Lipinski definition) is 3. The highest BCUT2D eigenvalue weighted by Gasteiger charge is 2.25. The third kappa shape index (κ3) is 5.25. The Kier molecular flexibility index (Phi) is 6.64. The zero-order valence-electron chi connectivity index (χ0n) is 14.5. The molecule has 1 amide bonds. The van der Waals surface area contributed by atoms with Crippen LogP contribution < -0.4 is 4.74 Å². The van der Waals surface area contributed by atoms with Gasteiger partial charge in [0.2, 0.25) is 5.91 Å². The van der Waals surface area contributed by atoms with Gasteiger partial charge >= 0.3 is 5.97 Å². The SMILES string of the molecule is COc1cccc([C@H](C)CC(=O)N2CCC[C@H](CCC(=O)O)C2)c1. The van der Waals surface area contributed by atoms with Crippen LogP contribution in [0.3, 0.4) is 0 Å². The van der Waals surface area contributed by atoms with Gasteiger partial charge in [-0.3, -0.25) is 9.59 Å². The standard InChI is InChI=1S/C19H27NO4/c1-14(16-6-3-7-17(12-16)24-2)11-18(21)20-10-4-5-15(13-20)8-9-19(22)23/h3,6-7,12,14-15H,4-5,8-11,13H2,1-2H3,(H,22,23)/t14-,15-/m1/s1. The van der Waals surface area contributed by atoms with Crippen molar-refractivity contribution in [3.05, 3.63) is 29.8 Å². The van der Waals surface area contributed by atoms with E-state index in [2.05, 4.69) is 6.92 Å². The fraction of sp³-hybridized carbons (Fsp3) is 0.579. The van der Waals surface area contributed by atoms with Gasteiger partial charge in [-0.2, -0.15) is 0 Å². The molecule has 0 saturated carbocycles. The number of nitrogens with zero attached hydrogens (tertiary/aromatic N) is 1. The highest BCUT2D eigenvalue weighted by molar-refractivity contribution is 5.77. The van der Waals surface area contributed by atoms with Crippen LogP contribution in [0.25, 0.3) is 0 Å². The molecule has 1 saturated heterocycles. The Bertz CT molecular complexity index is 572. The van der Waals surface area contributed by atoms with E-state index in [1.54, 1.807) is 7.11 Å². The van der Waals surface area contributed by atoms with Crippen molar-refractivity contribution >= 4 is 11.9 Å². The summed E-state index contributed by atoms with van der Waals surface area (Å²) in [7, 11) is 1.64. The van der Waals surface area contributed by atoms with Crippen molar-refractivity contribution in [3.63, 3.8) is 0 Å². The Balaban J connectivity index is 1.89. The van der Waals surface area contributed by atoms with E-state index in [9.17, 15) is 9.59 Å². The van der Waals surface area contributed by atoms with Crippen molar-refractivity contribution in [3.8, 4) is 5.75 Å². The summed E-state index contributed by atoms with van der Waals surface area (Å²) in [6.45, 7) is 3.53. The highest BCUT2D eigenvalue weighted by Crippen LogP contribution is 2.26. The Morgan fingerprint density at radius 3 is 2.92 bits per heavy atom. The van der Waals surface area contributed by atoms with Gasteiger partial charge in [0.15, 0.2) is 0 Å². The second-order valence-corrected chi connectivity index (χ2v) is 6.66. The largest absolute Gasteiger partial charge is 0.497 e. The fourth-order valence-corrected chi connectivity index (χ4v) is 3.31. The summed E-state index contributed by atoms with van der Waals surface area (Å²) < 4.78 is 5.24. The van der Waals surface area contributed by atoms with E-state index >= 15 is 0 Å². The second kappa shape index (κ2) is 8.71. The van der Waals surface area contributed by atoms with Crippen molar-refractivity contribution in [2.24, 2.45) is 5.92 Å². The molecule has 0 radical (unpaired) electrons. The van der Waals surface area contributed by atoms with Crippen molar-refractivity contribution in [2.45, 2.75) is 44.9 Å². The van der Waals surface area contributed by atoms with Gasteiger partial charge in [-0.25, -0.2) is 0 Å². The Morgan fingerprint density at radius 1 is 1.42 bits per heavy atom. The summed E-state index contributed by atoms with van der Waals surface area (Å²) in [5.41, 5.74) is 1.10. The van der Waals surface area contributed by atoms with Crippen LogP contribution in [0.1, 0.15) is 50.5 Å². The topological polar surface area (TPSA) is 66.8 Å². The third-order valence-electron chi connectivity index (χ3n) is 4.78. The van der Waals surface area contributed by atoms with Gasteiger partial charge in [-0.1, -0.05) is 19.1 Å². The van der Waals surface area contributed by atoms with E-state index in [0.29, 0.717) is 25.3 Å².